The van der Waals surface area contributed by atoms with E-state index in [4.69, 9.17) is 9.47 Å². The highest BCUT2D eigenvalue weighted by Gasteiger charge is 2.06. The van der Waals surface area contributed by atoms with Crippen molar-refractivity contribution >= 4 is 22.6 Å². The zero-order valence-electron chi connectivity index (χ0n) is 7.03. The van der Waals surface area contributed by atoms with Gasteiger partial charge in [-0.25, -0.2) is 0 Å². The summed E-state index contributed by atoms with van der Waals surface area (Å²) in [5.74, 6) is 0. The molecule has 0 saturated heterocycles. The van der Waals surface area contributed by atoms with Gasteiger partial charge in [-0.2, -0.15) is 5.10 Å². The summed E-state index contributed by atoms with van der Waals surface area (Å²) in [6.07, 6.45) is 3.51. The Kier molecular flexibility index (Phi) is 3.96. The molecule has 5 heteroatoms. The predicted octanol–water partition coefficient (Wildman–Crippen LogP) is 1.11. The number of nitrogens with zero attached hydrogens (tertiary/aromatic N) is 2. The van der Waals surface area contributed by atoms with E-state index in [1.807, 2.05) is 6.20 Å². The summed E-state index contributed by atoms with van der Waals surface area (Å²) in [5, 5.41) is 4.10. The van der Waals surface area contributed by atoms with Crippen LogP contribution in [0.2, 0.25) is 0 Å². The monoisotopic (exact) mass is 282 g/mol. The standard InChI is InChI=1S/C7H11IN2O2/c1-11-7(12-2)5-10-4-6(8)3-9-10/h3-4,7H,5H2,1-2H3. The maximum absolute atomic E-state index is 5.03. The van der Waals surface area contributed by atoms with Gasteiger partial charge in [-0.05, 0) is 22.6 Å². The summed E-state index contributed by atoms with van der Waals surface area (Å²) < 4.78 is 13.0. The molecule has 0 radical (unpaired) electrons. The molecule has 0 fully saturated rings. The minimum atomic E-state index is -0.222. The van der Waals surface area contributed by atoms with Crippen LogP contribution in [0.4, 0.5) is 0 Å². The van der Waals surface area contributed by atoms with Gasteiger partial charge in [0.2, 0.25) is 0 Å². The number of methoxy groups -OCH3 is 2. The normalized spacial score (nSPS) is 11.0. The van der Waals surface area contributed by atoms with Crippen molar-refractivity contribution in [1.29, 1.82) is 0 Å². The molecular formula is C7H11IN2O2. The molecule has 0 spiro atoms. The van der Waals surface area contributed by atoms with E-state index in [9.17, 15) is 0 Å². The van der Waals surface area contributed by atoms with Crippen LogP contribution < -0.4 is 0 Å². The van der Waals surface area contributed by atoms with Gasteiger partial charge in [-0.15, -0.1) is 0 Å². The average molecular weight is 282 g/mol. The summed E-state index contributed by atoms with van der Waals surface area (Å²) in [7, 11) is 3.23. The number of hydrogen-bond acceptors (Lipinski definition) is 3. The molecule has 4 nitrogen and oxygen atoms in total. The Labute approximate surface area is 85.0 Å². The first-order valence-corrected chi connectivity index (χ1v) is 4.57. The van der Waals surface area contributed by atoms with Crippen molar-refractivity contribution in [3.05, 3.63) is 16.0 Å². The number of halogens is 1. The number of aromatic nitrogens is 2. The zero-order valence-corrected chi connectivity index (χ0v) is 9.19. The van der Waals surface area contributed by atoms with Crippen LogP contribution >= 0.6 is 22.6 Å². The minimum Gasteiger partial charge on any atom is -0.354 e. The van der Waals surface area contributed by atoms with Crippen molar-refractivity contribution in [2.24, 2.45) is 0 Å². The largest absolute Gasteiger partial charge is 0.354 e. The molecule has 0 unspecified atom stereocenters. The molecule has 1 heterocycles. The summed E-state index contributed by atoms with van der Waals surface area (Å²) in [6.45, 7) is 0.621. The Bertz CT molecular complexity index is 235. The number of rotatable bonds is 4. The number of ether oxygens (including phenoxy) is 2. The lowest BCUT2D eigenvalue weighted by Crippen LogP contribution is -2.20. The molecule has 1 aromatic heterocycles. The predicted molar refractivity (Wildman–Crippen MR) is 52.8 cm³/mol. The summed E-state index contributed by atoms with van der Waals surface area (Å²) in [5.41, 5.74) is 0. The maximum Gasteiger partial charge on any atom is 0.176 e. The zero-order chi connectivity index (χ0) is 8.97. The second kappa shape index (κ2) is 4.78. The van der Waals surface area contributed by atoms with Crippen molar-refractivity contribution < 1.29 is 9.47 Å². The van der Waals surface area contributed by atoms with E-state index in [2.05, 4.69) is 27.7 Å². The SMILES string of the molecule is COC(Cn1cc(I)cn1)OC. The third-order valence-electron chi connectivity index (χ3n) is 1.46. The highest BCUT2D eigenvalue weighted by atomic mass is 127. The Morgan fingerprint density at radius 1 is 1.58 bits per heavy atom. The van der Waals surface area contributed by atoms with Crippen molar-refractivity contribution in [2.45, 2.75) is 12.8 Å². The molecule has 0 aliphatic rings. The topological polar surface area (TPSA) is 36.3 Å². The molecule has 1 aromatic rings. The molecule has 0 atom stereocenters. The molecule has 0 aliphatic carbocycles. The fraction of sp³-hybridized carbons (Fsp3) is 0.571. The first-order chi connectivity index (χ1) is 5.76. The molecule has 0 aromatic carbocycles. The molecule has 68 valence electrons. The molecule has 1 rings (SSSR count). The lowest BCUT2D eigenvalue weighted by atomic mass is 10.6. The molecule has 0 bridgehead atoms. The van der Waals surface area contributed by atoms with Crippen molar-refractivity contribution in [3.63, 3.8) is 0 Å². The van der Waals surface area contributed by atoms with Gasteiger partial charge in [0, 0.05) is 20.4 Å². The van der Waals surface area contributed by atoms with E-state index in [0.717, 1.165) is 3.57 Å². The van der Waals surface area contributed by atoms with Crippen LogP contribution in [0.5, 0.6) is 0 Å². The van der Waals surface area contributed by atoms with Crippen molar-refractivity contribution in [1.82, 2.24) is 9.78 Å². The molecular weight excluding hydrogens is 271 g/mol. The van der Waals surface area contributed by atoms with Gasteiger partial charge >= 0.3 is 0 Å². The first kappa shape index (κ1) is 9.94. The molecule has 12 heavy (non-hydrogen) atoms. The number of hydrogen-bond donors (Lipinski definition) is 0. The first-order valence-electron chi connectivity index (χ1n) is 3.50. The van der Waals surface area contributed by atoms with Gasteiger partial charge in [0.25, 0.3) is 0 Å². The average Bonchev–Trinajstić information content (AvgIpc) is 2.47. The fourth-order valence-electron chi connectivity index (χ4n) is 0.836. The van der Waals surface area contributed by atoms with E-state index in [1.165, 1.54) is 0 Å². The Balaban J connectivity index is 2.50. The highest BCUT2D eigenvalue weighted by molar-refractivity contribution is 14.1. The lowest BCUT2D eigenvalue weighted by molar-refractivity contribution is -0.112. The second-order valence-corrected chi connectivity index (χ2v) is 3.53. The lowest BCUT2D eigenvalue weighted by Gasteiger charge is -2.12. The van der Waals surface area contributed by atoms with E-state index in [0.29, 0.717) is 6.54 Å². The Morgan fingerprint density at radius 3 is 2.67 bits per heavy atom. The highest BCUT2D eigenvalue weighted by Crippen LogP contribution is 2.03. The minimum absolute atomic E-state index is 0.222. The van der Waals surface area contributed by atoms with Crippen LogP contribution in [0.1, 0.15) is 0 Å². The quantitative estimate of drug-likeness (QED) is 0.613. The fourth-order valence-corrected chi connectivity index (χ4v) is 1.28. The summed E-state index contributed by atoms with van der Waals surface area (Å²) in [4.78, 5) is 0. The maximum atomic E-state index is 5.03. The van der Waals surface area contributed by atoms with Crippen molar-refractivity contribution in [2.75, 3.05) is 14.2 Å². The van der Waals surface area contributed by atoms with Crippen LogP contribution in [0, 0.1) is 3.57 Å². The smallest absolute Gasteiger partial charge is 0.176 e. The van der Waals surface area contributed by atoms with E-state index >= 15 is 0 Å². The van der Waals surface area contributed by atoms with E-state index in [1.54, 1.807) is 25.1 Å². The molecule has 0 aliphatic heterocycles. The summed E-state index contributed by atoms with van der Waals surface area (Å²) >= 11 is 2.21. The van der Waals surface area contributed by atoms with Crippen LogP contribution in [0.3, 0.4) is 0 Å². The van der Waals surface area contributed by atoms with E-state index in [-0.39, 0.29) is 6.29 Å². The van der Waals surface area contributed by atoms with Gasteiger partial charge in [0.05, 0.1) is 16.3 Å². The van der Waals surface area contributed by atoms with Crippen LogP contribution in [0.15, 0.2) is 12.4 Å². The van der Waals surface area contributed by atoms with Gasteiger partial charge in [-0.1, -0.05) is 0 Å². The molecule has 0 saturated carbocycles. The Hall–Kier alpha value is -0.140. The van der Waals surface area contributed by atoms with Crippen LogP contribution in [-0.2, 0) is 16.0 Å². The summed E-state index contributed by atoms with van der Waals surface area (Å²) in [6, 6.07) is 0. The molecule has 0 N–H and O–H groups in total. The van der Waals surface area contributed by atoms with Crippen LogP contribution in [-0.4, -0.2) is 30.3 Å². The van der Waals surface area contributed by atoms with Gasteiger partial charge < -0.3 is 9.47 Å². The third-order valence-corrected chi connectivity index (χ3v) is 2.02. The third kappa shape index (κ3) is 2.72. The van der Waals surface area contributed by atoms with Gasteiger partial charge in [0.1, 0.15) is 0 Å². The van der Waals surface area contributed by atoms with Crippen molar-refractivity contribution in [3.8, 4) is 0 Å². The Morgan fingerprint density at radius 2 is 2.25 bits per heavy atom. The van der Waals surface area contributed by atoms with Gasteiger partial charge in [0.15, 0.2) is 6.29 Å². The molecule has 0 amide bonds. The van der Waals surface area contributed by atoms with Gasteiger partial charge in [-0.3, -0.25) is 4.68 Å². The van der Waals surface area contributed by atoms with E-state index < -0.39 is 0 Å². The van der Waals surface area contributed by atoms with Crippen LogP contribution in [0.25, 0.3) is 0 Å². The second-order valence-electron chi connectivity index (χ2n) is 2.28.